The minimum atomic E-state index is -0.115. The number of carbonyl (C=O) groups is 1. The summed E-state index contributed by atoms with van der Waals surface area (Å²) in [6.45, 7) is 4.70. The standard InChI is InChI=1S/C16H20N2O2/c1-11-4-5-14-12(8-11)9-15(20-14)16(19)13-10-17(2)6-7-18(13)3/h4-5,8-9,13H,6-7,10H2,1-3H3. The highest BCUT2D eigenvalue weighted by Crippen LogP contribution is 2.23. The van der Waals surface area contributed by atoms with Crippen molar-refractivity contribution in [2.75, 3.05) is 33.7 Å². The lowest BCUT2D eigenvalue weighted by atomic mass is 10.1. The van der Waals surface area contributed by atoms with Gasteiger partial charge in [-0.1, -0.05) is 11.6 Å². The average molecular weight is 272 g/mol. The number of carbonyl (C=O) groups excluding carboxylic acids is 1. The van der Waals surface area contributed by atoms with Gasteiger partial charge in [0.1, 0.15) is 5.58 Å². The van der Waals surface area contributed by atoms with E-state index in [-0.39, 0.29) is 11.8 Å². The van der Waals surface area contributed by atoms with Crippen molar-refractivity contribution < 1.29 is 9.21 Å². The van der Waals surface area contributed by atoms with Crippen molar-refractivity contribution in [2.24, 2.45) is 0 Å². The van der Waals surface area contributed by atoms with Crippen LogP contribution < -0.4 is 0 Å². The van der Waals surface area contributed by atoms with Crippen LogP contribution in [0.25, 0.3) is 11.0 Å². The summed E-state index contributed by atoms with van der Waals surface area (Å²) in [6, 6.07) is 7.73. The van der Waals surface area contributed by atoms with E-state index in [1.807, 2.05) is 38.2 Å². The van der Waals surface area contributed by atoms with Crippen LogP contribution in [0.2, 0.25) is 0 Å². The molecule has 3 rings (SSSR count). The first-order chi connectivity index (χ1) is 9.54. The number of nitrogens with zero attached hydrogens (tertiary/aromatic N) is 2. The smallest absolute Gasteiger partial charge is 0.216 e. The number of Topliss-reactive ketones (excluding diaryl/α,β-unsaturated/α-hetero) is 1. The summed E-state index contributed by atoms with van der Waals surface area (Å²) in [6.07, 6.45) is 0. The first kappa shape index (κ1) is 13.3. The Morgan fingerprint density at radius 2 is 2.05 bits per heavy atom. The Hall–Kier alpha value is -1.65. The molecule has 0 saturated carbocycles. The Kier molecular flexibility index (Phi) is 3.36. The third kappa shape index (κ3) is 2.37. The Labute approximate surface area is 119 Å². The number of likely N-dealkylation sites (N-methyl/N-ethyl adjacent to an activating group) is 2. The summed E-state index contributed by atoms with van der Waals surface area (Å²) >= 11 is 0. The molecule has 1 fully saturated rings. The second-order valence-electron chi connectivity index (χ2n) is 5.77. The molecule has 106 valence electrons. The van der Waals surface area contributed by atoms with Gasteiger partial charge in [0.2, 0.25) is 5.78 Å². The van der Waals surface area contributed by atoms with Crippen molar-refractivity contribution in [1.29, 1.82) is 0 Å². The molecule has 2 aromatic rings. The van der Waals surface area contributed by atoms with Crippen molar-refractivity contribution in [3.05, 3.63) is 35.6 Å². The van der Waals surface area contributed by atoms with E-state index in [0.29, 0.717) is 5.76 Å². The molecule has 2 heterocycles. The predicted octanol–water partition coefficient (Wildman–Crippen LogP) is 2.17. The molecule has 1 saturated heterocycles. The van der Waals surface area contributed by atoms with Crippen LogP contribution in [0.4, 0.5) is 0 Å². The van der Waals surface area contributed by atoms with Gasteiger partial charge in [-0.3, -0.25) is 9.69 Å². The van der Waals surface area contributed by atoms with Crippen LogP contribution in [0.1, 0.15) is 16.1 Å². The highest BCUT2D eigenvalue weighted by Gasteiger charge is 2.31. The lowest BCUT2D eigenvalue weighted by Crippen LogP contribution is -2.53. The van der Waals surface area contributed by atoms with E-state index in [1.165, 1.54) is 5.56 Å². The highest BCUT2D eigenvalue weighted by atomic mass is 16.3. The number of rotatable bonds is 2. The summed E-state index contributed by atoms with van der Waals surface area (Å²) in [4.78, 5) is 16.9. The Morgan fingerprint density at radius 3 is 2.85 bits per heavy atom. The zero-order chi connectivity index (χ0) is 14.3. The second kappa shape index (κ2) is 5.04. The van der Waals surface area contributed by atoms with E-state index in [1.54, 1.807) is 0 Å². The van der Waals surface area contributed by atoms with E-state index in [4.69, 9.17) is 4.42 Å². The fourth-order valence-electron chi connectivity index (χ4n) is 2.74. The van der Waals surface area contributed by atoms with Gasteiger partial charge in [0.15, 0.2) is 5.76 Å². The van der Waals surface area contributed by atoms with Crippen LogP contribution in [0.15, 0.2) is 28.7 Å². The minimum absolute atomic E-state index is 0.0768. The molecule has 0 radical (unpaired) electrons. The van der Waals surface area contributed by atoms with Gasteiger partial charge < -0.3 is 9.32 Å². The first-order valence-electron chi connectivity index (χ1n) is 6.98. The maximum atomic E-state index is 12.6. The lowest BCUT2D eigenvalue weighted by Gasteiger charge is -2.36. The third-order valence-corrected chi connectivity index (χ3v) is 4.07. The van der Waals surface area contributed by atoms with E-state index in [2.05, 4.69) is 16.8 Å². The Balaban J connectivity index is 1.91. The zero-order valence-corrected chi connectivity index (χ0v) is 12.2. The quantitative estimate of drug-likeness (QED) is 0.785. The third-order valence-electron chi connectivity index (χ3n) is 4.07. The van der Waals surface area contributed by atoms with E-state index in [0.717, 1.165) is 30.6 Å². The number of hydrogen-bond donors (Lipinski definition) is 0. The van der Waals surface area contributed by atoms with Crippen LogP contribution in [0.3, 0.4) is 0 Å². The largest absolute Gasteiger partial charge is 0.453 e. The summed E-state index contributed by atoms with van der Waals surface area (Å²) in [5.41, 5.74) is 1.96. The summed E-state index contributed by atoms with van der Waals surface area (Å²) in [7, 11) is 4.05. The van der Waals surface area contributed by atoms with E-state index >= 15 is 0 Å². The van der Waals surface area contributed by atoms with E-state index in [9.17, 15) is 4.79 Å². The molecule has 0 N–H and O–H groups in total. The summed E-state index contributed by atoms with van der Waals surface area (Å²) in [5, 5.41) is 1.00. The van der Waals surface area contributed by atoms with Gasteiger partial charge in [-0.15, -0.1) is 0 Å². The van der Waals surface area contributed by atoms with Crippen LogP contribution in [0.5, 0.6) is 0 Å². The Morgan fingerprint density at radius 1 is 1.25 bits per heavy atom. The highest BCUT2D eigenvalue weighted by molar-refractivity contribution is 6.01. The number of hydrogen-bond acceptors (Lipinski definition) is 4. The molecule has 4 nitrogen and oxygen atoms in total. The van der Waals surface area contributed by atoms with Gasteiger partial charge in [-0.2, -0.15) is 0 Å². The Bertz CT molecular complexity index is 647. The molecule has 1 aliphatic heterocycles. The molecular formula is C16H20N2O2. The number of furan rings is 1. The van der Waals surface area contributed by atoms with Gasteiger partial charge in [0.05, 0.1) is 6.04 Å². The van der Waals surface area contributed by atoms with Gasteiger partial charge in [-0.25, -0.2) is 0 Å². The average Bonchev–Trinajstić information content (AvgIpc) is 2.83. The van der Waals surface area contributed by atoms with Crippen molar-refractivity contribution in [1.82, 2.24) is 9.80 Å². The van der Waals surface area contributed by atoms with Gasteiger partial charge in [-0.05, 0) is 39.2 Å². The maximum absolute atomic E-state index is 12.6. The van der Waals surface area contributed by atoms with Crippen molar-refractivity contribution in [2.45, 2.75) is 13.0 Å². The fraction of sp³-hybridized carbons (Fsp3) is 0.438. The number of piperazine rings is 1. The molecular weight excluding hydrogens is 252 g/mol. The molecule has 1 aromatic carbocycles. The minimum Gasteiger partial charge on any atom is -0.453 e. The molecule has 0 amide bonds. The lowest BCUT2D eigenvalue weighted by molar-refractivity contribution is 0.0661. The molecule has 1 unspecified atom stereocenters. The molecule has 20 heavy (non-hydrogen) atoms. The fourth-order valence-corrected chi connectivity index (χ4v) is 2.74. The van der Waals surface area contributed by atoms with Crippen LogP contribution in [-0.4, -0.2) is 55.4 Å². The topological polar surface area (TPSA) is 36.7 Å². The molecule has 0 aliphatic carbocycles. The second-order valence-corrected chi connectivity index (χ2v) is 5.77. The number of fused-ring (bicyclic) bond motifs is 1. The van der Waals surface area contributed by atoms with Crippen molar-refractivity contribution >= 4 is 16.8 Å². The maximum Gasteiger partial charge on any atom is 0.216 e. The molecule has 4 heteroatoms. The van der Waals surface area contributed by atoms with Crippen molar-refractivity contribution in [3.8, 4) is 0 Å². The molecule has 0 bridgehead atoms. The summed E-state index contributed by atoms with van der Waals surface area (Å²) < 4.78 is 5.73. The van der Waals surface area contributed by atoms with Crippen LogP contribution >= 0.6 is 0 Å². The molecule has 1 aromatic heterocycles. The number of aryl methyl sites for hydroxylation is 1. The van der Waals surface area contributed by atoms with Gasteiger partial charge in [0.25, 0.3) is 0 Å². The molecule has 1 atom stereocenters. The monoisotopic (exact) mass is 272 g/mol. The van der Waals surface area contributed by atoms with Gasteiger partial charge in [0, 0.05) is 25.0 Å². The SMILES string of the molecule is Cc1ccc2oc(C(=O)C3CN(C)CCN3C)cc2c1. The first-order valence-corrected chi connectivity index (χ1v) is 6.98. The zero-order valence-electron chi connectivity index (χ0n) is 12.2. The normalized spacial score (nSPS) is 21.4. The molecule has 0 spiro atoms. The van der Waals surface area contributed by atoms with E-state index < -0.39 is 0 Å². The van der Waals surface area contributed by atoms with Crippen LogP contribution in [0, 0.1) is 6.92 Å². The van der Waals surface area contributed by atoms with Gasteiger partial charge >= 0.3 is 0 Å². The number of benzene rings is 1. The summed E-state index contributed by atoms with van der Waals surface area (Å²) in [5.74, 6) is 0.547. The predicted molar refractivity (Wildman–Crippen MR) is 79.2 cm³/mol. The number of ketones is 1. The molecule has 1 aliphatic rings. The van der Waals surface area contributed by atoms with Crippen molar-refractivity contribution in [3.63, 3.8) is 0 Å². The van der Waals surface area contributed by atoms with Crippen LogP contribution in [-0.2, 0) is 0 Å².